The van der Waals surface area contributed by atoms with Crippen molar-refractivity contribution in [3.63, 3.8) is 0 Å². The van der Waals surface area contributed by atoms with E-state index >= 15 is 0 Å². The molecule has 1 aromatic heterocycles. The van der Waals surface area contributed by atoms with Crippen LogP contribution in [0, 0.1) is 5.82 Å². The first-order valence-electron chi connectivity index (χ1n) is 9.21. The molecule has 0 atom stereocenters. The molecule has 1 aliphatic rings. The Hall–Kier alpha value is -2.78. The molecule has 1 saturated heterocycles. The summed E-state index contributed by atoms with van der Waals surface area (Å²) in [5.41, 5.74) is 0.666. The summed E-state index contributed by atoms with van der Waals surface area (Å²) in [4.78, 5) is 4.63. The average Bonchev–Trinajstić information content (AvgIpc) is 3.24. The van der Waals surface area contributed by atoms with Gasteiger partial charge in [-0.25, -0.2) is 12.8 Å². The van der Waals surface area contributed by atoms with Crippen LogP contribution < -0.4 is 4.74 Å². The number of hydrogen-bond donors (Lipinski definition) is 0. The molecule has 0 bridgehead atoms. The summed E-state index contributed by atoms with van der Waals surface area (Å²) in [5.74, 6) is 1.02. The molecule has 0 saturated carbocycles. The molecule has 0 aliphatic carbocycles. The number of nitrogens with zero attached hydrogens (tertiary/aromatic N) is 3. The molecule has 0 amide bonds. The Labute approximate surface area is 168 Å². The highest BCUT2D eigenvalue weighted by Gasteiger charge is 2.32. The van der Waals surface area contributed by atoms with Crippen LogP contribution in [-0.2, 0) is 10.0 Å². The first-order chi connectivity index (χ1) is 14.0. The van der Waals surface area contributed by atoms with Gasteiger partial charge in [0.25, 0.3) is 0 Å². The topological polar surface area (TPSA) is 85.5 Å². The van der Waals surface area contributed by atoms with Crippen molar-refractivity contribution in [2.75, 3.05) is 20.2 Å². The fraction of sp³-hybridized carbons (Fsp3) is 0.300. The van der Waals surface area contributed by atoms with Crippen molar-refractivity contribution in [3.05, 3.63) is 60.2 Å². The van der Waals surface area contributed by atoms with E-state index in [1.807, 2.05) is 0 Å². The van der Waals surface area contributed by atoms with E-state index in [1.165, 1.54) is 29.6 Å². The van der Waals surface area contributed by atoms with Gasteiger partial charge in [0, 0.05) is 30.6 Å². The average molecular weight is 417 g/mol. The van der Waals surface area contributed by atoms with E-state index in [9.17, 15) is 12.8 Å². The molecule has 29 heavy (non-hydrogen) atoms. The number of rotatable bonds is 5. The lowest BCUT2D eigenvalue weighted by atomic mass is 9.98. The summed E-state index contributed by atoms with van der Waals surface area (Å²) in [5, 5.41) is 3.97. The van der Waals surface area contributed by atoms with E-state index in [0.717, 1.165) is 0 Å². The zero-order chi connectivity index (χ0) is 20.4. The summed E-state index contributed by atoms with van der Waals surface area (Å²) < 4.78 is 50.9. The van der Waals surface area contributed by atoms with E-state index in [-0.39, 0.29) is 16.6 Å². The number of methoxy groups -OCH3 is 1. The highest BCUT2D eigenvalue weighted by atomic mass is 32.2. The molecular weight excluding hydrogens is 397 g/mol. The number of halogens is 1. The van der Waals surface area contributed by atoms with Gasteiger partial charge < -0.3 is 9.26 Å². The number of benzene rings is 2. The lowest BCUT2D eigenvalue weighted by molar-refractivity contribution is 0.270. The maximum atomic E-state index is 13.1. The number of piperidine rings is 1. The number of ether oxygens (including phenoxy) is 1. The van der Waals surface area contributed by atoms with E-state index in [2.05, 4.69) is 10.1 Å². The largest absolute Gasteiger partial charge is 0.497 e. The van der Waals surface area contributed by atoms with Gasteiger partial charge in [-0.15, -0.1) is 0 Å². The Morgan fingerprint density at radius 3 is 2.55 bits per heavy atom. The van der Waals surface area contributed by atoms with Crippen LogP contribution in [0.15, 0.2) is 57.9 Å². The Balaban J connectivity index is 1.45. The molecule has 3 aromatic rings. The first kappa shape index (κ1) is 19.5. The quantitative estimate of drug-likeness (QED) is 0.632. The molecule has 9 heteroatoms. The smallest absolute Gasteiger partial charge is 0.243 e. The van der Waals surface area contributed by atoms with Crippen molar-refractivity contribution in [3.8, 4) is 17.1 Å². The molecule has 0 N–H and O–H groups in total. The molecule has 4 rings (SSSR count). The van der Waals surface area contributed by atoms with E-state index < -0.39 is 10.0 Å². The molecule has 152 valence electrons. The summed E-state index contributed by atoms with van der Waals surface area (Å²) >= 11 is 0. The second-order valence-corrected chi connectivity index (χ2v) is 8.76. The summed E-state index contributed by atoms with van der Waals surface area (Å²) in [6.45, 7) is 0.719. The maximum absolute atomic E-state index is 13.1. The molecule has 7 nitrogen and oxygen atoms in total. The van der Waals surface area contributed by atoms with Gasteiger partial charge in [0.05, 0.1) is 12.0 Å². The van der Waals surface area contributed by atoms with Crippen molar-refractivity contribution in [2.24, 2.45) is 0 Å². The highest BCUT2D eigenvalue weighted by molar-refractivity contribution is 7.89. The Kier molecular flexibility index (Phi) is 5.33. The third kappa shape index (κ3) is 4.01. The van der Waals surface area contributed by atoms with Crippen LogP contribution >= 0.6 is 0 Å². The van der Waals surface area contributed by atoms with Crippen LogP contribution in [-0.4, -0.2) is 43.1 Å². The van der Waals surface area contributed by atoms with Gasteiger partial charge >= 0.3 is 0 Å². The lowest BCUT2D eigenvalue weighted by Gasteiger charge is -2.29. The van der Waals surface area contributed by atoms with Crippen LogP contribution in [0.25, 0.3) is 11.4 Å². The molecule has 0 radical (unpaired) electrons. The Morgan fingerprint density at radius 2 is 1.86 bits per heavy atom. The fourth-order valence-electron chi connectivity index (χ4n) is 3.37. The Morgan fingerprint density at radius 1 is 1.14 bits per heavy atom. The SMILES string of the molecule is COc1cccc(S(=O)(=O)N2CCC(c3nc(-c4ccc(F)cc4)no3)CC2)c1. The second kappa shape index (κ2) is 7.92. The standard InChI is InChI=1S/C20H20FN3O4S/c1-27-17-3-2-4-18(13-17)29(25,26)24-11-9-15(10-12-24)20-22-19(23-28-20)14-5-7-16(21)8-6-14/h2-8,13,15H,9-12H2,1H3. The fourth-order valence-corrected chi connectivity index (χ4v) is 4.88. The third-order valence-corrected chi connectivity index (χ3v) is 6.92. The number of aromatic nitrogens is 2. The first-order valence-corrected chi connectivity index (χ1v) is 10.6. The molecule has 1 aliphatic heterocycles. The minimum absolute atomic E-state index is 0.0199. The molecule has 0 unspecified atom stereocenters. The van der Waals surface area contributed by atoms with Crippen molar-refractivity contribution in [2.45, 2.75) is 23.7 Å². The predicted octanol–water partition coefficient (Wildman–Crippen LogP) is 3.45. The maximum Gasteiger partial charge on any atom is 0.243 e. The predicted molar refractivity (Wildman–Crippen MR) is 103 cm³/mol. The minimum atomic E-state index is -3.59. The number of sulfonamides is 1. The normalized spacial score (nSPS) is 16.1. The van der Waals surface area contributed by atoms with Crippen LogP contribution in [0.3, 0.4) is 0 Å². The van der Waals surface area contributed by atoms with Gasteiger partial charge in [-0.05, 0) is 49.2 Å². The van der Waals surface area contributed by atoms with E-state index in [1.54, 1.807) is 30.3 Å². The van der Waals surface area contributed by atoms with E-state index in [0.29, 0.717) is 49.0 Å². The van der Waals surface area contributed by atoms with Crippen LogP contribution in [0.2, 0.25) is 0 Å². The summed E-state index contributed by atoms with van der Waals surface area (Å²) in [7, 11) is -2.09. The summed E-state index contributed by atoms with van der Waals surface area (Å²) in [6, 6.07) is 12.3. The van der Waals surface area contributed by atoms with E-state index in [4.69, 9.17) is 9.26 Å². The molecule has 2 aromatic carbocycles. The highest BCUT2D eigenvalue weighted by Crippen LogP contribution is 2.31. The van der Waals surface area contributed by atoms with Gasteiger partial charge in [-0.2, -0.15) is 9.29 Å². The zero-order valence-corrected chi connectivity index (χ0v) is 16.6. The zero-order valence-electron chi connectivity index (χ0n) is 15.8. The van der Waals surface area contributed by atoms with Crippen LogP contribution in [0.4, 0.5) is 4.39 Å². The van der Waals surface area contributed by atoms with Crippen LogP contribution in [0.5, 0.6) is 5.75 Å². The molecule has 0 spiro atoms. The van der Waals surface area contributed by atoms with Crippen molar-refractivity contribution < 1.29 is 22.1 Å². The lowest BCUT2D eigenvalue weighted by Crippen LogP contribution is -2.37. The van der Waals surface area contributed by atoms with Crippen molar-refractivity contribution in [1.29, 1.82) is 0 Å². The third-order valence-electron chi connectivity index (χ3n) is 5.03. The second-order valence-electron chi connectivity index (χ2n) is 6.82. The molecule has 1 fully saturated rings. The summed E-state index contributed by atoms with van der Waals surface area (Å²) in [6.07, 6.45) is 1.16. The van der Waals surface area contributed by atoms with Gasteiger partial charge in [-0.1, -0.05) is 11.2 Å². The number of hydrogen-bond acceptors (Lipinski definition) is 6. The molecular formula is C20H20FN3O4S. The molecule has 2 heterocycles. The van der Waals surface area contributed by atoms with Crippen LogP contribution in [0.1, 0.15) is 24.7 Å². The monoisotopic (exact) mass is 417 g/mol. The Bertz CT molecular complexity index is 1090. The van der Waals surface area contributed by atoms with Gasteiger partial charge in [0.15, 0.2) is 0 Å². The van der Waals surface area contributed by atoms with Gasteiger partial charge in [-0.3, -0.25) is 0 Å². The van der Waals surface area contributed by atoms with Crippen molar-refractivity contribution >= 4 is 10.0 Å². The minimum Gasteiger partial charge on any atom is -0.497 e. The van der Waals surface area contributed by atoms with Gasteiger partial charge in [0.2, 0.25) is 21.7 Å². The van der Waals surface area contributed by atoms with Gasteiger partial charge in [0.1, 0.15) is 11.6 Å². The van der Waals surface area contributed by atoms with Crippen molar-refractivity contribution in [1.82, 2.24) is 14.4 Å².